The van der Waals surface area contributed by atoms with Crippen molar-refractivity contribution in [3.05, 3.63) is 65.2 Å². The summed E-state index contributed by atoms with van der Waals surface area (Å²) < 4.78 is 16.3. The van der Waals surface area contributed by atoms with Crippen molar-refractivity contribution in [1.82, 2.24) is 15.4 Å². The first-order valence-corrected chi connectivity index (χ1v) is 9.44. The number of hydrogen-bond acceptors (Lipinski definition) is 6. The number of ether oxygens (including phenoxy) is 1. The summed E-state index contributed by atoms with van der Waals surface area (Å²) in [5.41, 5.74) is 1.03. The molecule has 1 fully saturated rings. The number of carbonyl (C=O) groups excluding carboxylic acids is 1. The lowest BCUT2D eigenvalue weighted by molar-refractivity contribution is 0.0118. The van der Waals surface area contributed by atoms with E-state index in [-0.39, 0.29) is 17.6 Å². The molecule has 146 valence electrons. The SMILES string of the molecule is O=C(NCC(c1ccco1)N1CCOCC1)c1cc(-c2ccc(Cl)cc2)on1. The third-order valence-corrected chi connectivity index (χ3v) is 4.94. The molecule has 0 radical (unpaired) electrons. The summed E-state index contributed by atoms with van der Waals surface area (Å²) in [6.07, 6.45) is 1.64. The molecule has 1 aliphatic heterocycles. The fraction of sp³-hybridized carbons (Fsp3) is 0.300. The number of morpholine rings is 1. The van der Waals surface area contributed by atoms with Crippen molar-refractivity contribution in [3.63, 3.8) is 0 Å². The summed E-state index contributed by atoms with van der Waals surface area (Å²) in [4.78, 5) is 14.8. The number of nitrogens with one attached hydrogen (secondary N) is 1. The number of carbonyl (C=O) groups is 1. The molecular weight excluding hydrogens is 382 g/mol. The summed E-state index contributed by atoms with van der Waals surface area (Å²) in [5, 5.41) is 7.46. The Morgan fingerprint density at radius 2 is 2.00 bits per heavy atom. The van der Waals surface area contributed by atoms with E-state index in [9.17, 15) is 4.79 Å². The van der Waals surface area contributed by atoms with Gasteiger partial charge in [0.25, 0.3) is 5.91 Å². The molecule has 0 saturated carbocycles. The zero-order chi connectivity index (χ0) is 19.3. The zero-order valence-electron chi connectivity index (χ0n) is 15.1. The van der Waals surface area contributed by atoms with Crippen LogP contribution in [0.3, 0.4) is 0 Å². The normalized spacial score (nSPS) is 16.0. The van der Waals surface area contributed by atoms with Crippen LogP contribution in [-0.2, 0) is 4.74 Å². The number of rotatable bonds is 6. The summed E-state index contributed by atoms with van der Waals surface area (Å²) in [6, 6.07) is 12.5. The number of hydrogen-bond donors (Lipinski definition) is 1. The first-order chi connectivity index (χ1) is 13.7. The number of benzene rings is 1. The van der Waals surface area contributed by atoms with Crippen LogP contribution in [0.25, 0.3) is 11.3 Å². The van der Waals surface area contributed by atoms with Crippen LogP contribution < -0.4 is 5.32 Å². The molecule has 0 spiro atoms. The van der Waals surface area contributed by atoms with Crippen molar-refractivity contribution in [2.75, 3.05) is 32.8 Å². The van der Waals surface area contributed by atoms with Gasteiger partial charge < -0.3 is 19.0 Å². The molecule has 3 heterocycles. The molecule has 8 heteroatoms. The van der Waals surface area contributed by atoms with E-state index < -0.39 is 0 Å². The maximum atomic E-state index is 12.6. The highest BCUT2D eigenvalue weighted by molar-refractivity contribution is 6.30. The second-order valence-corrected chi connectivity index (χ2v) is 6.91. The van der Waals surface area contributed by atoms with Gasteiger partial charge >= 0.3 is 0 Å². The minimum Gasteiger partial charge on any atom is -0.468 e. The van der Waals surface area contributed by atoms with E-state index in [1.54, 1.807) is 24.5 Å². The molecule has 3 aromatic rings. The fourth-order valence-electron chi connectivity index (χ4n) is 3.19. The maximum absolute atomic E-state index is 12.6. The molecular formula is C20H20ClN3O4. The van der Waals surface area contributed by atoms with Crippen LogP contribution in [0.4, 0.5) is 0 Å². The molecule has 1 saturated heterocycles. The highest BCUT2D eigenvalue weighted by Gasteiger charge is 2.26. The number of amides is 1. The highest BCUT2D eigenvalue weighted by atomic mass is 35.5. The van der Waals surface area contributed by atoms with Gasteiger partial charge in [-0.25, -0.2) is 0 Å². The van der Waals surface area contributed by atoms with Crippen molar-refractivity contribution in [2.24, 2.45) is 0 Å². The molecule has 1 unspecified atom stereocenters. The van der Waals surface area contributed by atoms with Crippen LogP contribution in [0.15, 0.2) is 57.7 Å². The Morgan fingerprint density at radius 1 is 1.21 bits per heavy atom. The Morgan fingerprint density at radius 3 is 2.71 bits per heavy atom. The largest absolute Gasteiger partial charge is 0.468 e. The molecule has 0 aliphatic carbocycles. The van der Waals surface area contributed by atoms with Crippen LogP contribution in [0.2, 0.25) is 5.02 Å². The lowest BCUT2D eigenvalue weighted by Crippen LogP contribution is -2.43. The van der Waals surface area contributed by atoms with Crippen LogP contribution in [-0.4, -0.2) is 48.8 Å². The Hall–Kier alpha value is -2.61. The summed E-state index contributed by atoms with van der Waals surface area (Å²) in [5.74, 6) is 1.02. The third kappa shape index (κ3) is 4.27. The first-order valence-electron chi connectivity index (χ1n) is 9.07. The van der Waals surface area contributed by atoms with Gasteiger partial charge in [0.05, 0.1) is 25.5 Å². The van der Waals surface area contributed by atoms with Gasteiger partial charge in [-0.2, -0.15) is 0 Å². The molecule has 2 aromatic heterocycles. The third-order valence-electron chi connectivity index (χ3n) is 4.69. The van der Waals surface area contributed by atoms with E-state index in [0.717, 1.165) is 24.4 Å². The molecule has 4 rings (SSSR count). The summed E-state index contributed by atoms with van der Waals surface area (Å²) in [6.45, 7) is 3.30. The Bertz CT molecular complexity index is 902. The smallest absolute Gasteiger partial charge is 0.273 e. The lowest BCUT2D eigenvalue weighted by atomic mass is 10.1. The molecule has 7 nitrogen and oxygen atoms in total. The quantitative estimate of drug-likeness (QED) is 0.681. The highest BCUT2D eigenvalue weighted by Crippen LogP contribution is 2.24. The minimum absolute atomic E-state index is 0.0644. The van der Waals surface area contributed by atoms with Gasteiger partial charge in [0, 0.05) is 36.3 Å². The summed E-state index contributed by atoms with van der Waals surface area (Å²) in [7, 11) is 0. The van der Waals surface area contributed by atoms with Gasteiger partial charge in [0.2, 0.25) is 0 Å². The number of nitrogens with zero attached hydrogens (tertiary/aromatic N) is 2. The molecule has 1 aliphatic rings. The van der Waals surface area contributed by atoms with Crippen molar-refractivity contribution in [2.45, 2.75) is 6.04 Å². The Kier molecular flexibility index (Phi) is 5.76. The van der Waals surface area contributed by atoms with Crippen molar-refractivity contribution in [1.29, 1.82) is 0 Å². The standard InChI is InChI=1S/C20H20ClN3O4/c21-15-5-3-14(4-6-15)19-12-16(23-28-19)20(25)22-13-17(18-2-1-9-27-18)24-7-10-26-11-8-24/h1-6,9,12,17H,7-8,10-11,13H2,(H,22,25). The monoisotopic (exact) mass is 401 g/mol. The topological polar surface area (TPSA) is 80.7 Å². The van der Waals surface area contributed by atoms with Gasteiger partial charge in [-0.3, -0.25) is 9.69 Å². The van der Waals surface area contributed by atoms with Gasteiger partial charge in [0.1, 0.15) is 5.76 Å². The van der Waals surface area contributed by atoms with E-state index in [1.807, 2.05) is 24.3 Å². The van der Waals surface area contributed by atoms with Gasteiger partial charge in [-0.05, 0) is 36.4 Å². The van der Waals surface area contributed by atoms with Crippen LogP contribution in [0.5, 0.6) is 0 Å². The molecule has 0 bridgehead atoms. The fourth-order valence-corrected chi connectivity index (χ4v) is 3.32. The predicted octanol–water partition coefficient (Wildman–Crippen LogP) is 3.39. The molecule has 1 amide bonds. The lowest BCUT2D eigenvalue weighted by Gasteiger charge is -2.33. The van der Waals surface area contributed by atoms with Crippen molar-refractivity contribution >= 4 is 17.5 Å². The molecule has 28 heavy (non-hydrogen) atoms. The molecule has 1 aromatic carbocycles. The second-order valence-electron chi connectivity index (χ2n) is 6.47. The number of aromatic nitrogens is 1. The van der Waals surface area contributed by atoms with E-state index in [1.165, 1.54) is 0 Å². The average Bonchev–Trinajstić information content (AvgIpc) is 3.42. The van der Waals surface area contributed by atoms with E-state index >= 15 is 0 Å². The number of halogens is 1. The molecule has 1 N–H and O–H groups in total. The van der Waals surface area contributed by atoms with Crippen LogP contribution >= 0.6 is 11.6 Å². The molecule has 1 atom stereocenters. The van der Waals surface area contributed by atoms with Crippen molar-refractivity contribution in [3.8, 4) is 11.3 Å². The summed E-state index contributed by atoms with van der Waals surface area (Å²) >= 11 is 5.90. The van der Waals surface area contributed by atoms with Gasteiger partial charge in [0.15, 0.2) is 11.5 Å². The number of furan rings is 1. The van der Waals surface area contributed by atoms with Gasteiger partial charge in [-0.15, -0.1) is 0 Å². The Labute approximate surface area is 167 Å². The van der Waals surface area contributed by atoms with E-state index in [2.05, 4.69) is 15.4 Å². The van der Waals surface area contributed by atoms with E-state index in [0.29, 0.717) is 30.5 Å². The van der Waals surface area contributed by atoms with Crippen LogP contribution in [0.1, 0.15) is 22.3 Å². The zero-order valence-corrected chi connectivity index (χ0v) is 15.9. The maximum Gasteiger partial charge on any atom is 0.273 e. The second kappa shape index (κ2) is 8.60. The van der Waals surface area contributed by atoms with Gasteiger partial charge in [-0.1, -0.05) is 16.8 Å². The average molecular weight is 402 g/mol. The predicted molar refractivity (Wildman–Crippen MR) is 103 cm³/mol. The van der Waals surface area contributed by atoms with E-state index in [4.69, 9.17) is 25.3 Å². The first kappa shape index (κ1) is 18.7. The Balaban J connectivity index is 1.43. The van der Waals surface area contributed by atoms with Crippen LogP contribution in [0, 0.1) is 0 Å². The van der Waals surface area contributed by atoms with Crippen molar-refractivity contribution < 1.29 is 18.5 Å². The minimum atomic E-state index is -0.297.